The molecule has 0 aromatic rings. The number of aliphatic hydroxyl groups is 8. The van der Waals surface area contributed by atoms with E-state index in [1.54, 1.807) is 0 Å². The first-order valence-corrected chi connectivity index (χ1v) is 8.80. The molecule has 0 bridgehead atoms. The minimum atomic E-state index is -1.80. The van der Waals surface area contributed by atoms with E-state index in [0.717, 1.165) is 0 Å². The molecule has 0 radical (unpaired) electrons. The number of carbonyl (C=O) groups is 2. The van der Waals surface area contributed by atoms with Crippen LogP contribution in [0.25, 0.3) is 0 Å². The van der Waals surface area contributed by atoms with Gasteiger partial charge < -0.3 is 59.8 Å². The Balaban J connectivity index is 1.75. The molecule has 30 heavy (non-hydrogen) atoms. The van der Waals surface area contributed by atoms with E-state index in [0.29, 0.717) is 12.2 Å². The first-order chi connectivity index (χ1) is 14.0. The maximum absolute atomic E-state index is 11.6. The van der Waals surface area contributed by atoms with Gasteiger partial charge in [-0.3, -0.25) is 0 Å². The highest BCUT2D eigenvalue weighted by molar-refractivity contribution is 5.91. The molecule has 2 aliphatic heterocycles. The van der Waals surface area contributed by atoms with Crippen LogP contribution in [0, 0.1) is 0 Å². The van der Waals surface area contributed by atoms with Crippen LogP contribution in [0.3, 0.4) is 0 Å². The highest BCUT2D eigenvalue weighted by Crippen LogP contribution is 2.21. The smallest absolute Gasteiger partial charge is 0.331 e. The second-order valence-electron chi connectivity index (χ2n) is 6.67. The number of esters is 2. The van der Waals surface area contributed by atoms with Crippen molar-refractivity contribution in [3.8, 4) is 0 Å². The predicted octanol–water partition coefficient (Wildman–Crippen LogP) is -5.77. The van der Waals surface area contributed by atoms with Gasteiger partial charge in [0.05, 0.1) is 0 Å². The molecule has 0 spiro atoms. The molecule has 2 rings (SSSR count). The van der Waals surface area contributed by atoms with Crippen molar-refractivity contribution in [3.05, 3.63) is 12.2 Å². The lowest BCUT2D eigenvalue weighted by atomic mass is 9.99. The number of rotatable bonds is 6. The van der Waals surface area contributed by atoms with E-state index in [4.69, 9.17) is 18.9 Å². The van der Waals surface area contributed by atoms with Crippen LogP contribution in [0.5, 0.6) is 0 Å². The molecule has 14 nitrogen and oxygen atoms in total. The van der Waals surface area contributed by atoms with Crippen LogP contribution in [0.2, 0.25) is 0 Å². The number of carbonyl (C=O) groups excluding carboxylic acids is 2. The molecule has 14 heteroatoms. The fraction of sp³-hybridized carbons (Fsp3) is 0.750. The molecular weight excluding hydrogens is 416 g/mol. The Hall–Kier alpha value is -1.72. The zero-order valence-corrected chi connectivity index (χ0v) is 15.4. The van der Waals surface area contributed by atoms with Crippen molar-refractivity contribution in [1.82, 2.24) is 0 Å². The molecular formula is C16H24O14. The normalized spacial score (nSPS) is 42.1. The summed E-state index contributed by atoms with van der Waals surface area (Å²) in [5.41, 5.74) is 0. The molecule has 0 aliphatic carbocycles. The Morgan fingerprint density at radius 3 is 1.27 bits per heavy atom. The van der Waals surface area contributed by atoms with Gasteiger partial charge in [0.15, 0.2) is 12.6 Å². The van der Waals surface area contributed by atoms with Crippen molar-refractivity contribution in [2.75, 3.05) is 13.2 Å². The molecule has 10 atom stereocenters. The lowest BCUT2D eigenvalue weighted by Gasteiger charge is -2.37. The SMILES string of the molecule is O=C(/C=C/C(=O)OCC1O[C@H](O)[C@H](O)[C@@H](O)[C@H]1O)OCC1O[C@H](O)[C@H](O)[C@@H](O)[C@H]1O. The van der Waals surface area contributed by atoms with Crippen molar-refractivity contribution in [3.63, 3.8) is 0 Å². The molecule has 2 fully saturated rings. The number of hydrogen-bond donors (Lipinski definition) is 8. The largest absolute Gasteiger partial charge is 0.460 e. The van der Waals surface area contributed by atoms with E-state index >= 15 is 0 Å². The third-order valence-corrected chi connectivity index (χ3v) is 4.51. The third-order valence-electron chi connectivity index (χ3n) is 4.51. The van der Waals surface area contributed by atoms with Crippen molar-refractivity contribution in [2.45, 2.75) is 61.4 Å². The van der Waals surface area contributed by atoms with E-state index < -0.39 is 86.6 Å². The van der Waals surface area contributed by atoms with Crippen molar-refractivity contribution >= 4 is 11.9 Å². The summed E-state index contributed by atoms with van der Waals surface area (Å²) in [7, 11) is 0. The Morgan fingerprint density at radius 2 is 0.933 bits per heavy atom. The Bertz CT molecular complexity index is 573. The second kappa shape index (κ2) is 10.5. The Kier molecular flexibility index (Phi) is 8.62. The second-order valence-corrected chi connectivity index (χ2v) is 6.67. The summed E-state index contributed by atoms with van der Waals surface area (Å²) in [6, 6.07) is 0. The van der Waals surface area contributed by atoms with E-state index in [2.05, 4.69) is 0 Å². The summed E-state index contributed by atoms with van der Waals surface area (Å²) < 4.78 is 19.0. The Labute approximate surface area is 169 Å². The summed E-state index contributed by atoms with van der Waals surface area (Å²) in [5, 5.41) is 75.9. The minimum absolute atomic E-state index is 0.611. The standard InChI is InChI=1S/C16H24O14/c17-7(27-3-5-9(19)11(21)13(23)15(25)29-5)1-2-8(18)28-4-6-10(20)12(22)14(24)16(26)30-6/h1-2,5-6,9-16,19-26H,3-4H2/b2-1+/t5?,6?,9-,10-,11-,12-,13+,14+,15-,16-/m0/s1. The molecule has 0 saturated carbocycles. The molecule has 2 aliphatic rings. The van der Waals surface area contributed by atoms with Crippen LogP contribution < -0.4 is 0 Å². The van der Waals surface area contributed by atoms with Crippen LogP contribution in [0.4, 0.5) is 0 Å². The maximum atomic E-state index is 11.6. The van der Waals surface area contributed by atoms with Gasteiger partial charge >= 0.3 is 11.9 Å². The molecule has 2 unspecified atom stereocenters. The van der Waals surface area contributed by atoms with Crippen molar-refractivity contribution in [1.29, 1.82) is 0 Å². The van der Waals surface area contributed by atoms with Gasteiger partial charge in [-0.05, 0) is 0 Å². The molecule has 0 aromatic carbocycles. The van der Waals surface area contributed by atoms with E-state index in [1.165, 1.54) is 0 Å². The summed E-state index contributed by atoms with van der Waals surface area (Å²) in [6.07, 6.45) is -15.2. The van der Waals surface area contributed by atoms with Crippen LogP contribution in [-0.4, -0.2) is 127 Å². The zero-order valence-electron chi connectivity index (χ0n) is 15.4. The van der Waals surface area contributed by atoms with E-state index in [9.17, 15) is 50.4 Å². The molecule has 8 N–H and O–H groups in total. The Morgan fingerprint density at radius 1 is 0.600 bits per heavy atom. The zero-order chi connectivity index (χ0) is 22.6. The lowest BCUT2D eigenvalue weighted by Crippen LogP contribution is -2.58. The molecule has 172 valence electrons. The topological polar surface area (TPSA) is 233 Å². The van der Waals surface area contributed by atoms with Gasteiger partial charge in [0.2, 0.25) is 0 Å². The highest BCUT2D eigenvalue weighted by Gasteiger charge is 2.44. The van der Waals surface area contributed by atoms with Gasteiger partial charge in [0, 0.05) is 12.2 Å². The fourth-order valence-corrected chi connectivity index (χ4v) is 2.70. The molecule has 2 heterocycles. The quantitative estimate of drug-likeness (QED) is 0.142. The lowest BCUT2D eigenvalue weighted by molar-refractivity contribution is -0.287. The van der Waals surface area contributed by atoms with Gasteiger partial charge in [0.1, 0.15) is 62.0 Å². The average molecular weight is 440 g/mol. The average Bonchev–Trinajstić information content (AvgIpc) is 2.72. The van der Waals surface area contributed by atoms with E-state index in [1.807, 2.05) is 0 Å². The minimum Gasteiger partial charge on any atom is -0.460 e. The number of aliphatic hydroxyl groups excluding tert-OH is 8. The fourth-order valence-electron chi connectivity index (χ4n) is 2.70. The van der Waals surface area contributed by atoms with Gasteiger partial charge in [0.25, 0.3) is 0 Å². The van der Waals surface area contributed by atoms with Crippen LogP contribution in [0.1, 0.15) is 0 Å². The van der Waals surface area contributed by atoms with Crippen LogP contribution in [-0.2, 0) is 28.5 Å². The molecule has 0 aromatic heterocycles. The maximum Gasteiger partial charge on any atom is 0.331 e. The van der Waals surface area contributed by atoms with Crippen molar-refractivity contribution in [2.24, 2.45) is 0 Å². The van der Waals surface area contributed by atoms with E-state index in [-0.39, 0.29) is 0 Å². The molecule has 2 saturated heterocycles. The summed E-state index contributed by atoms with van der Waals surface area (Å²) in [4.78, 5) is 23.2. The third kappa shape index (κ3) is 5.92. The van der Waals surface area contributed by atoms with Gasteiger partial charge in [-0.1, -0.05) is 0 Å². The monoisotopic (exact) mass is 440 g/mol. The first kappa shape index (κ1) is 24.5. The van der Waals surface area contributed by atoms with Crippen molar-refractivity contribution < 1.29 is 69.4 Å². The number of hydrogen-bond acceptors (Lipinski definition) is 14. The van der Waals surface area contributed by atoms with Gasteiger partial charge in [-0.2, -0.15) is 0 Å². The van der Waals surface area contributed by atoms with Crippen LogP contribution in [0.15, 0.2) is 12.2 Å². The number of ether oxygens (including phenoxy) is 4. The summed E-state index contributed by atoms with van der Waals surface area (Å²) >= 11 is 0. The first-order valence-electron chi connectivity index (χ1n) is 8.80. The highest BCUT2D eigenvalue weighted by atomic mass is 16.7. The van der Waals surface area contributed by atoms with Crippen LogP contribution >= 0.6 is 0 Å². The van der Waals surface area contributed by atoms with Gasteiger partial charge in [-0.15, -0.1) is 0 Å². The molecule has 0 amide bonds. The predicted molar refractivity (Wildman–Crippen MR) is 88.9 cm³/mol. The summed E-state index contributed by atoms with van der Waals surface area (Å²) in [5.74, 6) is -2.14. The van der Waals surface area contributed by atoms with Gasteiger partial charge in [-0.25, -0.2) is 9.59 Å². The summed E-state index contributed by atoms with van der Waals surface area (Å²) in [6.45, 7) is -1.22.